The first-order valence-corrected chi connectivity index (χ1v) is 4.58. The van der Waals surface area contributed by atoms with Gasteiger partial charge in [-0.25, -0.2) is 0 Å². The van der Waals surface area contributed by atoms with E-state index in [2.05, 4.69) is 4.98 Å². The second-order valence-corrected chi connectivity index (χ2v) is 3.32. The highest BCUT2D eigenvalue weighted by Gasteiger charge is 2.22. The molecule has 0 N–H and O–H groups in total. The van der Waals surface area contributed by atoms with Gasteiger partial charge in [0, 0.05) is 12.6 Å². The van der Waals surface area contributed by atoms with Crippen LogP contribution in [0.4, 0.5) is 0 Å². The number of hydrogen-bond acceptors (Lipinski definition) is 3. The van der Waals surface area contributed by atoms with Crippen molar-refractivity contribution < 1.29 is 9.53 Å². The molecule has 0 bridgehead atoms. The van der Waals surface area contributed by atoms with Crippen LogP contribution >= 0.6 is 0 Å². The van der Waals surface area contributed by atoms with Gasteiger partial charge in [-0.05, 0) is 31.1 Å². The molecule has 0 aromatic carbocycles. The van der Waals surface area contributed by atoms with Crippen molar-refractivity contribution in [3.8, 4) is 5.75 Å². The van der Waals surface area contributed by atoms with Gasteiger partial charge in [-0.15, -0.1) is 0 Å². The third-order valence-corrected chi connectivity index (χ3v) is 2.22. The lowest BCUT2D eigenvalue weighted by atomic mass is 10.3. The minimum absolute atomic E-state index is 0.0892. The van der Waals surface area contributed by atoms with Gasteiger partial charge in [-0.3, -0.25) is 9.78 Å². The zero-order valence-corrected chi connectivity index (χ0v) is 7.99. The largest absolute Gasteiger partial charge is 0.452 e. The van der Waals surface area contributed by atoms with Gasteiger partial charge in [0.05, 0.1) is 6.20 Å². The molecule has 1 aromatic rings. The standard InChI is InChI=1S/C11H11NO2/c1-8-4-5-10(13)11(8)14-9-3-2-6-12-7-9/h2-3,6-7H,4-5H2,1H3. The maximum atomic E-state index is 11.4. The molecule has 1 heterocycles. The van der Waals surface area contributed by atoms with Gasteiger partial charge in [-0.2, -0.15) is 0 Å². The first-order chi connectivity index (χ1) is 6.77. The Balaban J connectivity index is 2.19. The highest BCUT2D eigenvalue weighted by molar-refractivity contribution is 5.97. The number of hydrogen-bond donors (Lipinski definition) is 0. The number of ketones is 1. The average molecular weight is 189 g/mol. The fourth-order valence-electron chi connectivity index (χ4n) is 1.44. The first kappa shape index (κ1) is 8.94. The number of carbonyl (C=O) groups is 1. The van der Waals surface area contributed by atoms with E-state index in [1.54, 1.807) is 24.5 Å². The van der Waals surface area contributed by atoms with Crippen molar-refractivity contribution in [2.45, 2.75) is 19.8 Å². The molecular weight excluding hydrogens is 178 g/mol. The molecule has 14 heavy (non-hydrogen) atoms. The smallest absolute Gasteiger partial charge is 0.198 e. The van der Waals surface area contributed by atoms with Gasteiger partial charge in [0.15, 0.2) is 11.5 Å². The molecule has 0 saturated carbocycles. The van der Waals surface area contributed by atoms with Crippen LogP contribution in [0.2, 0.25) is 0 Å². The minimum atomic E-state index is 0.0892. The molecule has 0 radical (unpaired) electrons. The molecule has 72 valence electrons. The molecule has 1 aliphatic carbocycles. The molecule has 1 aliphatic rings. The van der Waals surface area contributed by atoms with Crippen LogP contribution in [0, 0.1) is 0 Å². The van der Waals surface area contributed by atoms with Crippen molar-refractivity contribution >= 4 is 5.78 Å². The third kappa shape index (κ3) is 1.66. The number of Topliss-reactive ketones (excluding diaryl/α,β-unsaturated/α-hetero) is 1. The molecule has 0 aliphatic heterocycles. The van der Waals surface area contributed by atoms with E-state index in [0.717, 1.165) is 12.0 Å². The van der Waals surface area contributed by atoms with Gasteiger partial charge >= 0.3 is 0 Å². The van der Waals surface area contributed by atoms with Crippen LogP contribution in [0.15, 0.2) is 35.9 Å². The molecule has 0 atom stereocenters. The SMILES string of the molecule is CC1=C(Oc2cccnc2)C(=O)CC1. The zero-order chi connectivity index (χ0) is 9.97. The maximum absolute atomic E-state index is 11.4. The monoisotopic (exact) mass is 189 g/mol. The summed E-state index contributed by atoms with van der Waals surface area (Å²) in [6.45, 7) is 1.93. The third-order valence-electron chi connectivity index (χ3n) is 2.22. The van der Waals surface area contributed by atoms with Crippen molar-refractivity contribution in [3.63, 3.8) is 0 Å². The van der Waals surface area contributed by atoms with Crippen LogP contribution in [-0.4, -0.2) is 10.8 Å². The van der Waals surface area contributed by atoms with E-state index in [1.807, 2.05) is 6.92 Å². The van der Waals surface area contributed by atoms with Crippen molar-refractivity contribution in [2.24, 2.45) is 0 Å². The summed E-state index contributed by atoms with van der Waals surface area (Å²) < 4.78 is 5.47. The highest BCUT2D eigenvalue weighted by Crippen LogP contribution is 2.24. The number of allylic oxidation sites excluding steroid dienone is 2. The zero-order valence-electron chi connectivity index (χ0n) is 7.99. The number of ether oxygens (including phenoxy) is 1. The molecule has 3 heteroatoms. The number of rotatable bonds is 2. The van der Waals surface area contributed by atoms with E-state index in [9.17, 15) is 4.79 Å². The Morgan fingerprint density at radius 1 is 1.43 bits per heavy atom. The summed E-state index contributed by atoms with van der Waals surface area (Å²) in [5.74, 6) is 1.21. The van der Waals surface area contributed by atoms with Gasteiger partial charge in [0.2, 0.25) is 0 Å². The van der Waals surface area contributed by atoms with E-state index in [4.69, 9.17) is 4.74 Å². The highest BCUT2D eigenvalue weighted by atomic mass is 16.5. The summed E-state index contributed by atoms with van der Waals surface area (Å²) in [5, 5.41) is 0. The summed E-state index contributed by atoms with van der Waals surface area (Å²) >= 11 is 0. The van der Waals surface area contributed by atoms with Crippen LogP contribution in [0.5, 0.6) is 5.75 Å². The molecule has 1 aromatic heterocycles. The molecule has 0 spiro atoms. The molecule has 0 saturated heterocycles. The van der Waals surface area contributed by atoms with Gasteiger partial charge < -0.3 is 4.74 Å². The average Bonchev–Trinajstić information content (AvgIpc) is 2.51. The first-order valence-electron chi connectivity index (χ1n) is 4.58. The summed E-state index contributed by atoms with van der Waals surface area (Å²) in [4.78, 5) is 15.3. The van der Waals surface area contributed by atoms with E-state index < -0.39 is 0 Å². The molecule has 0 unspecified atom stereocenters. The summed E-state index contributed by atoms with van der Waals surface area (Å²) in [6, 6.07) is 3.57. The van der Waals surface area contributed by atoms with E-state index in [0.29, 0.717) is 17.9 Å². The van der Waals surface area contributed by atoms with E-state index >= 15 is 0 Å². The molecule has 0 amide bonds. The number of carbonyl (C=O) groups excluding carboxylic acids is 1. The number of nitrogens with zero attached hydrogens (tertiary/aromatic N) is 1. The molecule has 0 fully saturated rings. The Labute approximate surface area is 82.4 Å². The molecule has 3 nitrogen and oxygen atoms in total. The van der Waals surface area contributed by atoms with Crippen molar-refractivity contribution in [1.82, 2.24) is 4.98 Å². The van der Waals surface area contributed by atoms with Crippen LogP contribution in [0.3, 0.4) is 0 Å². The lowest BCUT2D eigenvalue weighted by Crippen LogP contribution is -2.04. The summed E-state index contributed by atoms with van der Waals surface area (Å²) in [6.07, 6.45) is 4.66. The molecular formula is C11H11NO2. The van der Waals surface area contributed by atoms with Crippen LogP contribution in [0.25, 0.3) is 0 Å². The summed E-state index contributed by atoms with van der Waals surface area (Å²) in [5.41, 5.74) is 1.03. The maximum Gasteiger partial charge on any atom is 0.198 e. The number of aromatic nitrogens is 1. The normalized spacial score (nSPS) is 16.2. The van der Waals surface area contributed by atoms with Crippen molar-refractivity contribution in [3.05, 3.63) is 35.9 Å². The van der Waals surface area contributed by atoms with E-state index in [-0.39, 0.29) is 5.78 Å². The van der Waals surface area contributed by atoms with Crippen LogP contribution in [0.1, 0.15) is 19.8 Å². The van der Waals surface area contributed by atoms with Crippen LogP contribution in [-0.2, 0) is 4.79 Å². The topological polar surface area (TPSA) is 39.2 Å². The second-order valence-electron chi connectivity index (χ2n) is 3.32. The minimum Gasteiger partial charge on any atom is -0.452 e. The Morgan fingerprint density at radius 2 is 2.29 bits per heavy atom. The molecule has 2 rings (SSSR count). The Hall–Kier alpha value is -1.64. The predicted molar refractivity (Wildman–Crippen MR) is 51.8 cm³/mol. The van der Waals surface area contributed by atoms with Crippen molar-refractivity contribution in [1.29, 1.82) is 0 Å². The fraction of sp³-hybridized carbons (Fsp3) is 0.273. The second kappa shape index (κ2) is 3.62. The van der Waals surface area contributed by atoms with Gasteiger partial charge in [0.25, 0.3) is 0 Å². The Morgan fingerprint density at radius 3 is 2.86 bits per heavy atom. The lowest BCUT2D eigenvalue weighted by molar-refractivity contribution is -0.116. The Kier molecular flexibility index (Phi) is 2.31. The summed E-state index contributed by atoms with van der Waals surface area (Å²) in [7, 11) is 0. The van der Waals surface area contributed by atoms with E-state index in [1.165, 1.54) is 0 Å². The van der Waals surface area contributed by atoms with Gasteiger partial charge in [-0.1, -0.05) is 0 Å². The van der Waals surface area contributed by atoms with Gasteiger partial charge in [0.1, 0.15) is 5.75 Å². The quantitative estimate of drug-likeness (QED) is 0.715. The Bertz CT molecular complexity index is 382. The van der Waals surface area contributed by atoms with Crippen molar-refractivity contribution in [2.75, 3.05) is 0 Å². The number of pyridine rings is 1. The lowest BCUT2D eigenvalue weighted by Gasteiger charge is -2.05. The van der Waals surface area contributed by atoms with Crippen LogP contribution < -0.4 is 4.74 Å². The predicted octanol–water partition coefficient (Wildman–Crippen LogP) is 2.10. The fourth-order valence-corrected chi connectivity index (χ4v) is 1.44.